The molecule has 0 fully saturated rings. The van der Waals surface area contributed by atoms with Gasteiger partial charge in [-0.2, -0.15) is 0 Å². The van der Waals surface area contributed by atoms with Gasteiger partial charge in [-0.05, 0) is 67.9 Å². The summed E-state index contributed by atoms with van der Waals surface area (Å²) in [4.78, 5) is 24.9. The Hall–Kier alpha value is -3.65. The number of ether oxygens (including phenoxy) is 2. The highest BCUT2D eigenvalue weighted by Crippen LogP contribution is 2.25. The predicted octanol–water partition coefficient (Wildman–Crippen LogP) is 4.18. The Morgan fingerprint density at radius 1 is 0.939 bits per heavy atom. The summed E-state index contributed by atoms with van der Waals surface area (Å²) < 4.78 is 37.5. The highest BCUT2D eigenvalue weighted by atomic mass is 32.2. The van der Waals surface area contributed by atoms with E-state index in [-0.39, 0.29) is 16.2 Å². The smallest absolute Gasteiger partial charge is 0.338 e. The number of anilines is 1. The number of carbonyl (C=O) groups is 2. The zero-order valence-corrected chi connectivity index (χ0v) is 19.7. The van der Waals surface area contributed by atoms with Crippen LogP contribution in [0, 0.1) is 13.8 Å². The fourth-order valence-electron chi connectivity index (χ4n) is 3.20. The lowest BCUT2D eigenvalue weighted by atomic mass is 10.0. The molecule has 8 heteroatoms. The first-order chi connectivity index (χ1) is 15.6. The molecule has 0 aliphatic heterocycles. The van der Waals surface area contributed by atoms with E-state index >= 15 is 0 Å². The maximum Gasteiger partial charge on any atom is 0.338 e. The van der Waals surface area contributed by atoms with Crippen molar-refractivity contribution >= 4 is 27.5 Å². The topological polar surface area (TPSA) is 90.0 Å². The van der Waals surface area contributed by atoms with Crippen LogP contribution >= 0.6 is 0 Å². The van der Waals surface area contributed by atoms with E-state index in [1.165, 1.54) is 38.4 Å². The van der Waals surface area contributed by atoms with Crippen molar-refractivity contribution in [1.29, 1.82) is 0 Å². The van der Waals surface area contributed by atoms with E-state index in [2.05, 4.69) is 0 Å². The van der Waals surface area contributed by atoms with Gasteiger partial charge in [-0.1, -0.05) is 23.8 Å². The minimum atomic E-state index is -3.93. The van der Waals surface area contributed by atoms with E-state index in [4.69, 9.17) is 9.47 Å². The summed E-state index contributed by atoms with van der Waals surface area (Å²) in [6.07, 6.45) is 0. The van der Waals surface area contributed by atoms with Gasteiger partial charge in [0.25, 0.3) is 10.0 Å². The van der Waals surface area contributed by atoms with Gasteiger partial charge in [0.05, 0.1) is 23.3 Å². The van der Waals surface area contributed by atoms with Gasteiger partial charge >= 0.3 is 5.97 Å². The predicted molar refractivity (Wildman–Crippen MR) is 126 cm³/mol. The van der Waals surface area contributed by atoms with Gasteiger partial charge in [-0.3, -0.25) is 9.10 Å². The third kappa shape index (κ3) is 5.40. The minimum absolute atomic E-state index is 0.0352. The van der Waals surface area contributed by atoms with E-state index in [1.807, 2.05) is 26.0 Å². The van der Waals surface area contributed by atoms with Crippen LogP contribution in [0.15, 0.2) is 71.6 Å². The molecule has 0 atom stereocenters. The number of Topliss-reactive ketones (excluding diaryl/α,β-unsaturated/α-hetero) is 1. The lowest BCUT2D eigenvalue weighted by Crippen LogP contribution is -2.26. The van der Waals surface area contributed by atoms with Gasteiger partial charge in [-0.15, -0.1) is 0 Å². The van der Waals surface area contributed by atoms with Crippen molar-refractivity contribution < 1.29 is 27.5 Å². The van der Waals surface area contributed by atoms with Crippen molar-refractivity contribution in [1.82, 2.24) is 0 Å². The van der Waals surface area contributed by atoms with Crippen molar-refractivity contribution in [2.45, 2.75) is 18.7 Å². The van der Waals surface area contributed by atoms with Crippen LogP contribution in [0.3, 0.4) is 0 Å². The summed E-state index contributed by atoms with van der Waals surface area (Å²) in [5.74, 6) is -0.505. The number of sulfonamides is 1. The second-order valence-corrected chi connectivity index (χ2v) is 9.49. The Morgan fingerprint density at radius 2 is 1.64 bits per heavy atom. The molecule has 0 aliphatic carbocycles. The molecule has 0 aromatic heterocycles. The summed E-state index contributed by atoms with van der Waals surface area (Å²) in [5.41, 5.74) is 2.67. The number of carbonyl (C=O) groups excluding carboxylic acids is 2. The Labute approximate surface area is 193 Å². The molecule has 3 aromatic carbocycles. The normalized spacial score (nSPS) is 11.0. The molecule has 3 aromatic rings. The molecule has 0 saturated carbocycles. The number of benzene rings is 3. The average Bonchev–Trinajstić information content (AvgIpc) is 2.83. The molecule has 0 unspecified atom stereocenters. The molecule has 0 N–H and O–H groups in total. The number of hydrogen-bond acceptors (Lipinski definition) is 6. The van der Waals surface area contributed by atoms with E-state index in [9.17, 15) is 18.0 Å². The van der Waals surface area contributed by atoms with E-state index in [1.54, 1.807) is 30.3 Å². The largest absolute Gasteiger partial charge is 0.497 e. The number of rotatable bonds is 8. The average molecular weight is 468 g/mol. The van der Waals surface area contributed by atoms with Crippen LogP contribution in [0.1, 0.15) is 31.8 Å². The third-order valence-corrected chi connectivity index (χ3v) is 6.97. The lowest BCUT2D eigenvalue weighted by molar-refractivity contribution is 0.0474. The zero-order valence-electron chi connectivity index (χ0n) is 18.9. The first-order valence-corrected chi connectivity index (χ1v) is 11.6. The molecule has 0 saturated heterocycles. The van der Waals surface area contributed by atoms with Crippen molar-refractivity contribution in [2.75, 3.05) is 25.1 Å². The van der Waals surface area contributed by atoms with Gasteiger partial charge in [0, 0.05) is 12.6 Å². The fourth-order valence-corrected chi connectivity index (χ4v) is 4.44. The third-order valence-electron chi connectivity index (χ3n) is 5.19. The number of ketones is 1. The summed E-state index contributed by atoms with van der Waals surface area (Å²) in [6, 6.07) is 17.5. The molecule has 0 heterocycles. The number of esters is 1. The molecule has 172 valence electrons. The van der Waals surface area contributed by atoms with Gasteiger partial charge in [0.2, 0.25) is 5.78 Å². The maximum absolute atomic E-state index is 13.1. The van der Waals surface area contributed by atoms with E-state index in [0.29, 0.717) is 17.0 Å². The second-order valence-electron chi connectivity index (χ2n) is 7.52. The van der Waals surface area contributed by atoms with Gasteiger partial charge in [-0.25, -0.2) is 13.2 Å². The van der Waals surface area contributed by atoms with Crippen LogP contribution in [-0.4, -0.2) is 40.9 Å². The highest BCUT2D eigenvalue weighted by Gasteiger charge is 2.23. The molecule has 33 heavy (non-hydrogen) atoms. The standard InChI is InChI=1S/C25H25NO6S/c1-17-8-9-18(2)23(14-17)24(27)16-32-25(28)19-6-5-7-22(15-19)33(29,30)26(3)20-10-12-21(31-4)13-11-20/h5-15H,16H2,1-4H3. The van der Waals surface area contributed by atoms with Crippen molar-refractivity contribution in [2.24, 2.45) is 0 Å². The molecule has 0 radical (unpaired) electrons. The molecular weight excluding hydrogens is 442 g/mol. The van der Waals surface area contributed by atoms with Crippen molar-refractivity contribution in [3.8, 4) is 5.75 Å². The quantitative estimate of drug-likeness (QED) is 0.365. The number of hydrogen-bond donors (Lipinski definition) is 0. The number of nitrogens with zero attached hydrogens (tertiary/aromatic N) is 1. The first-order valence-electron chi connectivity index (χ1n) is 10.1. The zero-order chi connectivity index (χ0) is 24.2. The summed E-state index contributed by atoms with van der Waals surface area (Å²) in [7, 11) is -0.989. The van der Waals surface area contributed by atoms with Gasteiger partial charge < -0.3 is 9.47 Å². The van der Waals surface area contributed by atoms with E-state index in [0.717, 1.165) is 15.4 Å². The summed E-state index contributed by atoms with van der Waals surface area (Å²) >= 11 is 0. The monoisotopic (exact) mass is 467 g/mol. The van der Waals surface area contributed by atoms with E-state index < -0.39 is 22.6 Å². The second kappa shape index (κ2) is 9.87. The molecule has 0 amide bonds. The van der Waals surface area contributed by atoms with Gasteiger partial charge in [0.15, 0.2) is 6.61 Å². The molecule has 7 nitrogen and oxygen atoms in total. The summed E-state index contributed by atoms with van der Waals surface area (Å²) in [6.45, 7) is 3.24. The molecule has 0 spiro atoms. The Kier molecular flexibility index (Phi) is 7.18. The Morgan fingerprint density at radius 3 is 2.30 bits per heavy atom. The van der Waals surface area contributed by atoms with Crippen LogP contribution in [0.4, 0.5) is 5.69 Å². The highest BCUT2D eigenvalue weighted by molar-refractivity contribution is 7.92. The Bertz CT molecular complexity index is 1280. The first kappa shape index (κ1) is 24.0. The van der Waals surface area contributed by atoms with Crippen LogP contribution < -0.4 is 9.04 Å². The molecular formula is C25H25NO6S. The SMILES string of the molecule is COc1ccc(N(C)S(=O)(=O)c2cccc(C(=O)OCC(=O)c3cc(C)ccc3C)c2)cc1. The van der Waals surface area contributed by atoms with Crippen LogP contribution in [-0.2, 0) is 14.8 Å². The minimum Gasteiger partial charge on any atom is -0.497 e. The maximum atomic E-state index is 13.1. The molecule has 0 aliphatic rings. The van der Waals surface area contributed by atoms with Crippen LogP contribution in [0.25, 0.3) is 0 Å². The number of aryl methyl sites for hydroxylation is 2. The number of methoxy groups -OCH3 is 1. The van der Waals surface area contributed by atoms with Crippen molar-refractivity contribution in [3.05, 3.63) is 89.0 Å². The van der Waals surface area contributed by atoms with Gasteiger partial charge in [0.1, 0.15) is 5.75 Å². The van der Waals surface area contributed by atoms with Crippen LogP contribution in [0.2, 0.25) is 0 Å². The lowest BCUT2D eigenvalue weighted by Gasteiger charge is -2.20. The molecule has 0 bridgehead atoms. The van der Waals surface area contributed by atoms with Crippen molar-refractivity contribution in [3.63, 3.8) is 0 Å². The molecule has 3 rings (SSSR count). The Balaban J connectivity index is 1.75. The summed E-state index contributed by atoms with van der Waals surface area (Å²) in [5, 5.41) is 0. The van der Waals surface area contributed by atoms with Crippen LogP contribution in [0.5, 0.6) is 5.75 Å². The fraction of sp³-hybridized carbons (Fsp3) is 0.200.